The summed E-state index contributed by atoms with van der Waals surface area (Å²) in [7, 11) is 0. The molecular weight excluding hydrogens is 262 g/mol. The molecule has 0 fully saturated rings. The molecule has 76 valence electrons. The average Bonchev–Trinajstić information content (AvgIpc) is 2.74. The number of nitrogens with zero attached hydrogens (tertiary/aromatic N) is 5. The van der Waals surface area contributed by atoms with E-state index in [0.717, 1.165) is 10.2 Å². The Morgan fingerprint density at radius 3 is 2.73 bits per heavy atom. The van der Waals surface area contributed by atoms with Crippen molar-refractivity contribution < 1.29 is 0 Å². The van der Waals surface area contributed by atoms with Crippen molar-refractivity contribution >= 4 is 27.6 Å². The summed E-state index contributed by atoms with van der Waals surface area (Å²) < 4.78 is 1.00. The van der Waals surface area contributed by atoms with Crippen molar-refractivity contribution in [1.82, 2.24) is 20.6 Å². The minimum atomic E-state index is 0.180. The van der Waals surface area contributed by atoms with Crippen LogP contribution >= 0.6 is 15.9 Å². The van der Waals surface area contributed by atoms with Crippen LogP contribution in [0, 0.1) is 0 Å². The predicted molar refractivity (Wildman–Crippen MR) is 56.5 cm³/mol. The molecule has 8 heteroatoms. The molecule has 0 amide bonds. The molecule has 15 heavy (non-hydrogen) atoms. The first-order valence-corrected chi connectivity index (χ1v) is 4.79. The fraction of sp³-hybridized carbons (Fsp3) is 0. The monoisotopic (exact) mass is 267 g/mol. The van der Waals surface area contributed by atoms with Crippen LogP contribution < -0.4 is 5.43 Å². The van der Waals surface area contributed by atoms with Crippen molar-refractivity contribution in [3.8, 4) is 0 Å². The third kappa shape index (κ3) is 2.81. The molecule has 0 saturated heterocycles. The zero-order valence-corrected chi connectivity index (χ0v) is 9.01. The van der Waals surface area contributed by atoms with Gasteiger partial charge in [-0.3, -0.25) is 5.43 Å². The van der Waals surface area contributed by atoms with E-state index in [4.69, 9.17) is 0 Å². The number of nitrogens with one attached hydrogen (secondary N) is 2. The smallest absolute Gasteiger partial charge is 0.260 e. The highest BCUT2D eigenvalue weighted by Gasteiger charge is 1.92. The second-order valence-corrected chi connectivity index (χ2v) is 3.45. The fourth-order valence-corrected chi connectivity index (χ4v) is 1.12. The lowest BCUT2D eigenvalue weighted by Crippen LogP contribution is -1.85. The van der Waals surface area contributed by atoms with Crippen LogP contribution in [0.5, 0.6) is 0 Å². The van der Waals surface area contributed by atoms with Gasteiger partial charge in [-0.1, -0.05) is 31.4 Å². The van der Waals surface area contributed by atoms with Gasteiger partial charge in [-0.25, -0.2) is 0 Å². The largest absolute Gasteiger partial charge is 0.309 e. The number of benzene rings is 1. The van der Waals surface area contributed by atoms with Crippen molar-refractivity contribution in [3.63, 3.8) is 0 Å². The van der Waals surface area contributed by atoms with Crippen LogP contribution in [0.3, 0.4) is 0 Å². The molecule has 1 aromatic carbocycles. The quantitative estimate of drug-likeness (QED) is 0.658. The molecule has 0 radical (unpaired) electrons. The fourth-order valence-electron chi connectivity index (χ4n) is 0.851. The number of hydrogen-bond acceptors (Lipinski definition) is 5. The molecule has 2 rings (SSSR count). The zero-order valence-electron chi connectivity index (χ0n) is 7.42. The molecule has 1 heterocycles. The first-order valence-electron chi connectivity index (χ1n) is 4.00. The molecule has 7 nitrogen and oxygen atoms in total. The van der Waals surface area contributed by atoms with Gasteiger partial charge in [0, 0.05) is 4.47 Å². The summed E-state index contributed by atoms with van der Waals surface area (Å²) >= 11 is 3.33. The van der Waals surface area contributed by atoms with Crippen molar-refractivity contribution in [2.75, 3.05) is 5.43 Å². The van der Waals surface area contributed by atoms with Crippen LogP contribution in [0.25, 0.3) is 0 Å². The second kappa shape index (κ2) is 4.60. The van der Waals surface area contributed by atoms with E-state index in [9.17, 15) is 0 Å². The molecule has 2 aromatic rings. The van der Waals surface area contributed by atoms with Gasteiger partial charge in [-0.15, -0.1) is 5.10 Å². The maximum Gasteiger partial charge on any atom is 0.309 e. The van der Waals surface area contributed by atoms with Gasteiger partial charge >= 0.3 is 5.95 Å². The van der Waals surface area contributed by atoms with E-state index in [1.165, 1.54) is 0 Å². The summed E-state index contributed by atoms with van der Waals surface area (Å²) in [6.45, 7) is 0. The van der Waals surface area contributed by atoms with Crippen LogP contribution in [0.1, 0.15) is 0 Å². The lowest BCUT2D eigenvalue weighted by molar-refractivity contribution is 0.881. The number of halogens is 1. The highest BCUT2D eigenvalue weighted by molar-refractivity contribution is 9.10. The number of aromatic amines is 1. The molecule has 1 aromatic heterocycles. The third-order valence-electron chi connectivity index (χ3n) is 1.50. The van der Waals surface area contributed by atoms with Gasteiger partial charge in [0.1, 0.15) is 0 Å². The van der Waals surface area contributed by atoms with E-state index in [-0.39, 0.29) is 5.95 Å². The zero-order chi connectivity index (χ0) is 10.5. The maximum absolute atomic E-state index is 3.69. The van der Waals surface area contributed by atoms with E-state index in [1.807, 2.05) is 24.3 Å². The van der Waals surface area contributed by atoms with Crippen molar-refractivity contribution in [2.24, 2.45) is 10.3 Å². The Hall–Kier alpha value is -1.83. The van der Waals surface area contributed by atoms with Gasteiger partial charge < -0.3 is 0 Å². The Morgan fingerprint density at radius 2 is 2.07 bits per heavy atom. The van der Waals surface area contributed by atoms with E-state index < -0.39 is 0 Å². The molecule has 0 unspecified atom stereocenters. The highest BCUT2D eigenvalue weighted by atomic mass is 79.9. The van der Waals surface area contributed by atoms with Crippen molar-refractivity contribution in [3.05, 3.63) is 28.7 Å². The Morgan fingerprint density at radius 1 is 1.27 bits per heavy atom. The molecule has 0 aliphatic carbocycles. The summed E-state index contributed by atoms with van der Waals surface area (Å²) in [6, 6.07) is 7.51. The molecule has 0 atom stereocenters. The average molecular weight is 268 g/mol. The van der Waals surface area contributed by atoms with Gasteiger partial charge in [0.05, 0.1) is 5.69 Å². The van der Waals surface area contributed by atoms with E-state index in [0.29, 0.717) is 0 Å². The SMILES string of the molecule is Brc1ccc(N/N=N/c2nn[nH]n2)cc1. The molecular formula is C7H6BrN7. The maximum atomic E-state index is 3.69. The van der Waals surface area contributed by atoms with Crippen molar-refractivity contribution in [1.29, 1.82) is 0 Å². The van der Waals surface area contributed by atoms with Crippen LogP contribution in [-0.2, 0) is 0 Å². The predicted octanol–water partition coefficient (Wildman–Crippen LogP) is 2.07. The van der Waals surface area contributed by atoms with Crippen LogP contribution in [-0.4, -0.2) is 20.6 Å². The summed E-state index contributed by atoms with van der Waals surface area (Å²) in [5.74, 6) is 0.180. The Labute approximate surface area is 93.1 Å². The molecule has 0 spiro atoms. The van der Waals surface area contributed by atoms with Gasteiger partial charge in [0.2, 0.25) is 0 Å². The van der Waals surface area contributed by atoms with Gasteiger partial charge in [0.25, 0.3) is 0 Å². The first kappa shape index (κ1) is 9.71. The minimum Gasteiger partial charge on any atom is -0.260 e. The third-order valence-corrected chi connectivity index (χ3v) is 2.03. The minimum absolute atomic E-state index is 0.180. The van der Waals surface area contributed by atoms with Crippen molar-refractivity contribution in [2.45, 2.75) is 0 Å². The molecule has 2 N–H and O–H groups in total. The summed E-state index contributed by atoms with van der Waals surface area (Å²) in [4.78, 5) is 0. The summed E-state index contributed by atoms with van der Waals surface area (Å²) in [5.41, 5.74) is 3.55. The first-order chi connectivity index (χ1) is 7.34. The number of tetrazole rings is 1. The van der Waals surface area contributed by atoms with Crippen LogP contribution in [0.2, 0.25) is 0 Å². The van der Waals surface area contributed by atoms with Gasteiger partial charge in [-0.05, 0) is 29.5 Å². The molecule has 0 aliphatic rings. The number of hydrogen-bond donors (Lipinski definition) is 2. The van der Waals surface area contributed by atoms with Gasteiger partial charge in [-0.2, -0.15) is 5.21 Å². The second-order valence-electron chi connectivity index (χ2n) is 2.53. The number of aromatic nitrogens is 4. The normalized spacial score (nSPS) is 10.7. The number of rotatable bonds is 3. The Balaban J connectivity index is 1.96. The Kier molecular flexibility index (Phi) is 2.98. The lowest BCUT2D eigenvalue weighted by Gasteiger charge is -1.96. The van der Waals surface area contributed by atoms with E-state index >= 15 is 0 Å². The summed E-state index contributed by atoms with van der Waals surface area (Å²) in [5, 5.41) is 20.2. The summed E-state index contributed by atoms with van der Waals surface area (Å²) in [6.07, 6.45) is 0. The number of H-pyrrole nitrogens is 1. The highest BCUT2D eigenvalue weighted by Crippen LogP contribution is 2.14. The van der Waals surface area contributed by atoms with E-state index in [1.54, 1.807) is 0 Å². The van der Waals surface area contributed by atoms with E-state index in [2.05, 4.69) is 52.3 Å². The molecule has 0 aliphatic heterocycles. The van der Waals surface area contributed by atoms with Gasteiger partial charge in [0.15, 0.2) is 0 Å². The lowest BCUT2D eigenvalue weighted by atomic mass is 10.3. The molecule has 0 bridgehead atoms. The number of anilines is 1. The van der Waals surface area contributed by atoms with Crippen LogP contribution in [0.15, 0.2) is 39.1 Å². The topological polar surface area (TPSA) is 91.2 Å². The standard InChI is InChI=1S/C7H6BrN7/c8-5-1-3-6(4-2-5)9-13-10-7-11-14-15-12-7/h1-4H,(H2,9,10,11,12,14,15). The Bertz CT molecular complexity index is 435. The molecule has 0 saturated carbocycles. The van der Waals surface area contributed by atoms with Crippen LogP contribution in [0.4, 0.5) is 11.6 Å².